The first-order chi connectivity index (χ1) is 13.1. The molecule has 0 bridgehead atoms. The molecule has 1 heterocycles. The van der Waals surface area contributed by atoms with E-state index < -0.39 is 0 Å². The lowest BCUT2D eigenvalue weighted by Crippen LogP contribution is -2.26. The fraction of sp³-hybridized carbons (Fsp3) is 0.636. The van der Waals surface area contributed by atoms with Crippen LogP contribution in [0.4, 0.5) is 0 Å². The highest BCUT2D eigenvalue weighted by molar-refractivity contribution is 5.95. The molecule has 5 nitrogen and oxygen atoms in total. The Morgan fingerprint density at radius 2 is 2.04 bits per heavy atom. The van der Waals surface area contributed by atoms with Gasteiger partial charge in [-0.05, 0) is 24.5 Å². The van der Waals surface area contributed by atoms with Crippen molar-refractivity contribution in [3.8, 4) is 0 Å². The van der Waals surface area contributed by atoms with Gasteiger partial charge in [0.2, 0.25) is 5.90 Å². The van der Waals surface area contributed by atoms with E-state index >= 15 is 0 Å². The lowest BCUT2D eigenvalue weighted by Gasteiger charge is -2.24. The lowest BCUT2D eigenvalue weighted by atomic mass is 9.95. The number of hydrogen-bond acceptors (Lipinski definition) is 5. The molecule has 5 heteroatoms. The third-order valence-electron chi connectivity index (χ3n) is 4.80. The van der Waals surface area contributed by atoms with Crippen molar-refractivity contribution in [1.82, 2.24) is 0 Å². The molecule has 1 aromatic rings. The zero-order valence-electron chi connectivity index (χ0n) is 16.9. The Morgan fingerprint density at radius 1 is 1.26 bits per heavy atom. The number of rotatable bonds is 12. The molecule has 3 atom stereocenters. The summed E-state index contributed by atoms with van der Waals surface area (Å²) in [6, 6.07) is 9.93. The van der Waals surface area contributed by atoms with Crippen molar-refractivity contribution in [3.63, 3.8) is 0 Å². The maximum absolute atomic E-state index is 11.4. The van der Waals surface area contributed by atoms with E-state index in [1.807, 2.05) is 30.3 Å². The van der Waals surface area contributed by atoms with Gasteiger partial charge in [-0.1, -0.05) is 51.3 Å². The second-order valence-electron chi connectivity index (χ2n) is 7.25. The molecule has 150 valence electrons. The van der Waals surface area contributed by atoms with Gasteiger partial charge in [0.25, 0.3) is 0 Å². The van der Waals surface area contributed by atoms with Crippen LogP contribution in [0.25, 0.3) is 0 Å². The Bertz CT molecular complexity index is 587. The van der Waals surface area contributed by atoms with Crippen molar-refractivity contribution in [2.45, 2.75) is 65.0 Å². The molecular formula is C22H33NO4. The molecule has 1 unspecified atom stereocenters. The number of carbonyl (C=O) groups is 1. The van der Waals surface area contributed by atoms with Crippen molar-refractivity contribution in [3.05, 3.63) is 35.9 Å². The molecule has 0 spiro atoms. The van der Waals surface area contributed by atoms with E-state index in [-0.39, 0.29) is 18.1 Å². The maximum atomic E-state index is 11.4. The minimum Gasteiger partial charge on any atom is -0.475 e. The average Bonchev–Trinajstić information content (AvgIpc) is 3.13. The summed E-state index contributed by atoms with van der Waals surface area (Å²) in [5.74, 6) is 0.816. The molecule has 0 aromatic heterocycles. The van der Waals surface area contributed by atoms with Crippen molar-refractivity contribution in [1.29, 1.82) is 0 Å². The standard InChI is InChI=1S/C22H33NO4/c1-4-5-7-10-17(2)21(27-18(3)24)13-14-25-15-20-16-26-22(23-20)19-11-8-6-9-12-19/h6,8-9,11-12,17,20-21H,4-5,7,10,13-16H2,1-3H3/t17?,20-,21+/m1/s1. The monoisotopic (exact) mass is 375 g/mol. The molecule has 0 N–H and O–H groups in total. The third kappa shape index (κ3) is 7.71. The van der Waals surface area contributed by atoms with Gasteiger partial charge in [-0.25, -0.2) is 4.99 Å². The molecule has 0 fully saturated rings. The first kappa shape index (κ1) is 21.4. The van der Waals surface area contributed by atoms with Crippen LogP contribution in [0.2, 0.25) is 0 Å². The maximum Gasteiger partial charge on any atom is 0.302 e. The molecule has 0 aliphatic carbocycles. The largest absolute Gasteiger partial charge is 0.475 e. The van der Waals surface area contributed by atoms with E-state index in [0.717, 1.165) is 18.4 Å². The molecule has 0 saturated carbocycles. The Labute approximate surface area is 163 Å². The van der Waals surface area contributed by atoms with Crippen LogP contribution in [0.3, 0.4) is 0 Å². The summed E-state index contributed by atoms with van der Waals surface area (Å²) in [4.78, 5) is 16.0. The summed E-state index contributed by atoms with van der Waals surface area (Å²) in [6.45, 7) is 7.45. The first-order valence-corrected chi connectivity index (χ1v) is 10.1. The van der Waals surface area contributed by atoms with Gasteiger partial charge in [0.05, 0.1) is 13.2 Å². The van der Waals surface area contributed by atoms with E-state index in [9.17, 15) is 4.79 Å². The molecule has 27 heavy (non-hydrogen) atoms. The van der Waals surface area contributed by atoms with Gasteiger partial charge < -0.3 is 14.2 Å². The Balaban J connectivity index is 1.73. The van der Waals surface area contributed by atoms with Crippen molar-refractivity contribution in [2.24, 2.45) is 10.9 Å². The minimum absolute atomic E-state index is 0.0226. The second-order valence-corrected chi connectivity index (χ2v) is 7.25. The molecular weight excluding hydrogens is 342 g/mol. The van der Waals surface area contributed by atoms with E-state index in [4.69, 9.17) is 14.2 Å². The molecule has 0 saturated heterocycles. The molecule has 0 radical (unpaired) electrons. The highest BCUT2D eigenvalue weighted by Gasteiger charge is 2.22. The third-order valence-corrected chi connectivity index (χ3v) is 4.80. The Morgan fingerprint density at radius 3 is 2.74 bits per heavy atom. The van der Waals surface area contributed by atoms with Gasteiger partial charge in [-0.3, -0.25) is 4.79 Å². The summed E-state index contributed by atoms with van der Waals surface area (Å²) in [7, 11) is 0. The van der Waals surface area contributed by atoms with Crippen molar-refractivity contribution < 1.29 is 19.0 Å². The highest BCUT2D eigenvalue weighted by Crippen LogP contribution is 2.19. The number of carbonyl (C=O) groups excluding carboxylic acids is 1. The molecule has 1 aliphatic rings. The van der Waals surface area contributed by atoms with Gasteiger partial charge in [-0.15, -0.1) is 0 Å². The Kier molecular flexibility index (Phi) is 9.32. The summed E-state index contributed by atoms with van der Waals surface area (Å²) in [6.07, 6.45) is 5.30. The van der Waals surface area contributed by atoms with Crippen LogP contribution in [0.15, 0.2) is 35.3 Å². The molecule has 0 amide bonds. The molecule has 2 rings (SSSR count). The smallest absolute Gasteiger partial charge is 0.302 e. The van der Waals surface area contributed by atoms with Gasteiger partial charge >= 0.3 is 5.97 Å². The lowest BCUT2D eigenvalue weighted by molar-refractivity contribution is -0.150. The SMILES string of the molecule is CCCCCC(C)[C@H](CCOC[C@@H]1COC(c2ccccc2)=N1)OC(C)=O. The van der Waals surface area contributed by atoms with E-state index in [1.165, 1.54) is 26.2 Å². The van der Waals surface area contributed by atoms with Crippen LogP contribution in [0.1, 0.15) is 58.4 Å². The minimum atomic E-state index is -0.219. The van der Waals surface area contributed by atoms with Gasteiger partial charge in [0.15, 0.2) is 0 Å². The summed E-state index contributed by atoms with van der Waals surface area (Å²) in [5, 5.41) is 0. The van der Waals surface area contributed by atoms with Gasteiger partial charge in [0, 0.05) is 18.9 Å². The second kappa shape index (κ2) is 11.8. The number of ether oxygens (including phenoxy) is 3. The highest BCUT2D eigenvalue weighted by atomic mass is 16.5. The fourth-order valence-corrected chi connectivity index (χ4v) is 3.23. The van der Waals surface area contributed by atoms with Crippen LogP contribution in [0.5, 0.6) is 0 Å². The van der Waals surface area contributed by atoms with E-state index in [2.05, 4.69) is 18.8 Å². The van der Waals surface area contributed by atoms with Crippen molar-refractivity contribution >= 4 is 11.9 Å². The average molecular weight is 376 g/mol. The predicted molar refractivity (Wildman–Crippen MR) is 107 cm³/mol. The normalized spacial score (nSPS) is 18.5. The van der Waals surface area contributed by atoms with Crippen LogP contribution in [-0.4, -0.2) is 43.8 Å². The number of benzene rings is 1. The van der Waals surface area contributed by atoms with Gasteiger partial charge in [0.1, 0.15) is 18.8 Å². The quantitative estimate of drug-likeness (QED) is 0.402. The van der Waals surface area contributed by atoms with E-state index in [1.54, 1.807) is 0 Å². The number of esters is 1. The van der Waals surface area contributed by atoms with Crippen LogP contribution >= 0.6 is 0 Å². The number of nitrogens with zero attached hydrogens (tertiary/aromatic N) is 1. The summed E-state index contributed by atoms with van der Waals surface area (Å²) < 4.78 is 17.0. The zero-order chi connectivity index (χ0) is 19.5. The van der Waals surface area contributed by atoms with Crippen LogP contribution < -0.4 is 0 Å². The number of aliphatic imine (C=N–C) groups is 1. The zero-order valence-corrected chi connectivity index (χ0v) is 16.9. The van der Waals surface area contributed by atoms with Crippen molar-refractivity contribution in [2.75, 3.05) is 19.8 Å². The molecule has 1 aromatic carbocycles. The summed E-state index contributed by atoms with van der Waals surface area (Å²) in [5.41, 5.74) is 0.996. The van der Waals surface area contributed by atoms with Crippen LogP contribution in [-0.2, 0) is 19.0 Å². The number of hydrogen-bond donors (Lipinski definition) is 0. The van der Waals surface area contributed by atoms with Gasteiger partial charge in [-0.2, -0.15) is 0 Å². The number of unbranched alkanes of at least 4 members (excludes halogenated alkanes) is 2. The Hall–Kier alpha value is -1.88. The fourth-order valence-electron chi connectivity index (χ4n) is 3.23. The topological polar surface area (TPSA) is 57.1 Å². The summed E-state index contributed by atoms with van der Waals surface area (Å²) >= 11 is 0. The van der Waals surface area contributed by atoms with Crippen LogP contribution in [0, 0.1) is 5.92 Å². The van der Waals surface area contributed by atoms with E-state index in [0.29, 0.717) is 31.6 Å². The first-order valence-electron chi connectivity index (χ1n) is 10.1. The molecule has 1 aliphatic heterocycles. The predicted octanol–water partition coefficient (Wildman–Crippen LogP) is 4.39.